The second-order valence-electron chi connectivity index (χ2n) is 5.52. The third-order valence-electron chi connectivity index (χ3n) is 3.70. The summed E-state index contributed by atoms with van der Waals surface area (Å²) in [5, 5.41) is 11.4. The van der Waals surface area contributed by atoms with Crippen LogP contribution in [0.25, 0.3) is 0 Å². The molecule has 2 rings (SSSR count). The van der Waals surface area contributed by atoms with Crippen molar-refractivity contribution in [2.24, 2.45) is 5.73 Å². The van der Waals surface area contributed by atoms with E-state index in [0.29, 0.717) is 24.2 Å². The third-order valence-corrected chi connectivity index (χ3v) is 4.95. The molecule has 2 aromatic rings. The van der Waals surface area contributed by atoms with E-state index in [1.54, 1.807) is 24.3 Å². The molecule has 1 amide bonds. The van der Waals surface area contributed by atoms with Crippen LogP contribution in [0.5, 0.6) is 0 Å². The molecule has 0 fully saturated rings. The Morgan fingerprint density at radius 1 is 1.15 bits per heavy atom. The van der Waals surface area contributed by atoms with Gasteiger partial charge in [0.25, 0.3) is 5.91 Å². The van der Waals surface area contributed by atoms with Crippen LogP contribution in [0.4, 0.5) is 5.69 Å². The van der Waals surface area contributed by atoms with Gasteiger partial charge in [0, 0.05) is 29.3 Å². The lowest BCUT2D eigenvalue weighted by Gasteiger charge is -2.13. The second-order valence-corrected chi connectivity index (χ2v) is 6.80. The van der Waals surface area contributed by atoms with Gasteiger partial charge in [-0.1, -0.05) is 12.1 Å². The van der Waals surface area contributed by atoms with E-state index in [1.165, 1.54) is 18.9 Å². The highest BCUT2D eigenvalue weighted by atomic mass is 32.2. The first-order chi connectivity index (χ1) is 12.6. The quantitative estimate of drug-likeness (QED) is 0.484. The van der Waals surface area contributed by atoms with E-state index in [2.05, 4.69) is 5.32 Å². The zero-order valence-electron chi connectivity index (χ0n) is 14.5. The molecule has 0 aliphatic carbocycles. The maximum absolute atomic E-state index is 12.3. The van der Waals surface area contributed by atoms with Gasteiger partial charge < -0.3 is 20.9 Å². The molecule has 0 bridgehead atoms. The summed E-state index contributed by atoms with van der Waals surface area (Å²) >= 11 is 1.31. The van der Waals surface area contributed by atoms with Crippen molar-refractivity contribution in [1.82, 2.24) is 0 Å². The molecule has 2 aromatic carbocycles. The van der Waals surface area contributed by atoms with Crippen molar-refractivity contribution in [3.63, 3.8) is 0 Å². The van der Waals surface area contributed by atoms with Gasteiger partial charge >= 0.3 is 5.97 Å². The summed E-state index contributed by atoms with van der Waals surface area (Å²) < 4.78 is 4.74. The number of nitrogens with two attached hydrogens (primary N) is 1. The Morgan fingerprint density at radius 2 is 1.81 bits per heavy atom. The van der Waals surface area contributed by atoms with Crippen molar-refractivity contribution < 1.29 is 19.4 Å². The van der Waals surface area contributed by atoms with Crippen LogP contribution in [0.15, 0.2) is 53.4 Å². The van der Waals surface area contributed by atoms with E-state index in [0.717, 1.165) is 10.5 Å². The summed E-state index contributed by atoms with van der Waals surface area (Å²) in [6, 6.07) is 14.3. The molecular weight excluding hydrogens is 352 g/mol. The van der Waals surface area contributed by atoms with Crippen LogP contribution in [-0.4, -0.2) is 35.9 Å². The minimum Gasteiger partial charge on any atom is -0.468 e. The molecule has 4 N–H and O–H groups in total. The fourth-order valence-corrected chi connectivity index (χ4v) is 3.29. The zero-order valence-corrected chi connectivity index (χ0v) is 15.3. The molecule has 0 saturated heterocycles. The Kier molecular flexibility index (Phi) is 7.65. The van der Waals surface area contributed by atoms with Gasteiger partial charge in [0.15, 0.2) is 0 Å². The van der Waals surface area contributed by atoms with Crippen molar-refractivity contribution in [2.45, 2.75) is 23.1 Å². The molecule has 0 aliphatic heterocycles. The summed E-state index contributed by atoms with van der Waals surface area (Å²) in [5.74, 6) is -0.580. The standard InChI is InChI=1S/C19H22N2O4S/c1-25-19(24)17(10-11-22)26-16-8-6-15(7-9-16)21-18(23)14-4-2-13(12-20)3-5-14/h2-9,17,22H,10-12,20H2,1H3,(H,21,23). The minimum absolute atomic E-state index is 0.0934. The number of ether oxygens (including phenoxy) is 1. The van der Waals surface area contributed by atoms with E-state index in [-0.39, 0.29) is 18.5 Å². The number of thioether (sulfide) groups is 1. The number of carbonyl (C=O) groups is 2. The van der Waals surface area contributed by atoms with Gasteiger partial charge in [-0.05, 0) is 48.4 Å². The monoisotopic (exact) mass is 374 g/mol. The number of methoxy groups -OCH3 is 1. The van der Waals surface area contributed by atoms with Gasteiger partial charge in [-0.15, -0.1) is 11.8 Å². The number of carbonyl (C=O) groups excluding carboxylic acids is 2. The van der Waals surface area contributed by atoms with Crippen LogP contribution in [0.1, 0.15) is 22.3 Å². The summed E-state index contributed by atoms with van der Waals surface area (Å²) in [4.78, 5) is 24.8. The average Bonchev–Trinajstić information content (AvgIpc) is 2.68. The highest BCUT2D eigenvalue weighted by Gasteiger charge is 2.20. The topological polar surface area (TPSA) is 102 Å². The van der Waals surface area contributed by atoms with Gasteiger partial charge in [-0.25, -0.2) is 0 Å². The number of nitrogens with one attached hydrogen (secondary N) is 1. The predicted molar refractivity (Wildman–Crippen MR) is 102 cm³/mol. The smallest absolute Gasteiger partial charge is 0.319 e. The first kappa shape index (κ1) is 20.0. The predicted octanol–water partition coefficient (Wildman–Crippen LogP) is 2.41. The number of hydrogen-bond acceptors (Lipinski definition) is 6. The molecule has 0 aliphatic rings. The number of rotatable bonds is 8. The molecular formula is C19H22N2O4S. The van der Waals surface area contributed by atoms with E-state index in [1.807, 2.05) is 24.3 Å². The highest BCUT2D eigenvalue weighted by molar-refractivity contribution is 8.00. The van der Waals surface area contributed by atoms with E-state index in [9.17, 15) is 9.59 Å². The highest BCUT2D eigenvalue weighted by Crippen LogP contribution is 2.27. The summed E-state index contributed by atoms with van der Waals surface area (Å²) in [7, 11) is 1.33. The minimum atomic E-state index is -0.466. The maximum atomic E-state index is 12.3. The fraction of sp³-hybridized carbons (Fsp3) is 0.263. The number of esters is 1. The lowest BCUT2D eigenvalue weighted by atomic mass is 10.1. The summed E-state index contributed by atoms with van der Waals surface area (Å²) in [6.07, 6.45) is 0.314. The van der Waals surface area contributed by atoms with Crippen LogP contribution in [0.3, 0.4) is 0 Å². The van der Waals surface area contributed by atoms with E-state index in [4.69, 9.17) is 15.6 Å². The number of hydrogen-bond donors (Lipinski definition) is 3. The molecule has 0 radical (unpaired) electrons. The SMILES string of the molecule is COC(=O)C(CCO)Sc1ccc(NC(=O)c2ccc(CN)cc2)cc1. The number of aliphatic hydroxyl groups excluding tert-OH is 1. The van der Waals surface area contributed by atoms with Crippen LogP contribution < -0.4 is 11.1 Å². The van der Waals surface area contributed by atoms with Gasteiger partial charge in [0.1, 0.15) is 5.25 Å². The van der Waals surface area contributed by atoms with Gasteiger partial charge in [0.2, 0.25) is 0 Å². The average molecular weight is 374 g/mol. The Bertz CT molecular complexity index is 732. The van der Waals surface area contributed by atoms with Crippen LogP contribution in [0, 0.1) is 0 Å². The molecule has 0 aromatic heterocycles. The number of amides is 1. The van der Waals surface area contributed by atoms with Crippen LogP contribution >= 0.6 is 11.8 Å². The molecule has 6 nitrogen and oxygen atoms in total. The maximum Gasteiger partial charge on any atom is 0.319 e. The van der Waals surface area contributed by atoms with E-state index >= 15 is 0 Å². The third kappa shape index (κ3) is 5.59. The lowest BCUT2D eigenvalue weighted by molar-refractivity contribution is -0.140. The Morgan fingerprint density at radius 3 is 2.35 bits per heavy atom. The van der Waals surface area contributed by atoms with Crippen molar-refractivity contribution in [2.75, 3.05) is 19.0 Å². The fourth-order valence-electron chi connectivity index (χ4n) is 2.25. The first-order valence-corrected chi connectivity index (χ1v) is 9.01. The first-order valence-electron chi connectivity index (χ1n) is 8.13. The van der Waals surface area contributed by atoms with Crippen molar-refractivity contribution >= 4 is 29.3 Å². The van der Waals surface area contributed by atoms with Crippen molar-refractivity contribution in [3.05, 3.63) is 59.7 Å². The summed E-state index contributed by atoms with van der Waals surface area (Å²) in [5.41, 5.74) is 7.72. The molecule has 0 heterocycles. The largest absolute Gasteiger partial charge is 0.468 e. The lowest BCUT2D eigenvalue weighted by Crippen LogP contribution is -2.20. The molecule has 0 saturated carbocycles. The van der Waals surface area contributed by atoms with Gasteiger partial charge in [-0.3, -0.25) is 9.59 Å². The second kappa shape index (κ2) is 9.96. The molecule has 0 spiro atoms. The normalized spacial score (nSPS) is 11.7. The molecule has 1 atom stereocenters. The van der Waals surface area contributed by atoms with Gasteiger partial charge in [-0.2, -0.15) is 0 Å². The Labute approximate surface area is 156 Å². The van der Waals surface area contributed by atoms with Crippen molar-refractivity contribution in [1.29, 1.82) is 0 Å². The van der Waals surface area contributed by atoms with E-state index < -0.39 is 5.25 Å². The molecule has 7 heteroatoms. The zero-order chi connectivity index (χ0) is 18.9. The van der Waals surface area contributed by atoms with Gasteiger partial charge in [0.05, 0.1) is 7.11 Å². The number of benzene rings is 2. The van der Waals surface area contributed by atoms with Crippen LogP contribution in [0.2, 0.25) is 0 Å². The Balaban J connectivity index is 1.99. The van der Waals surface area contributed by atoms with Crippen LogP contribution in [-0.2, 0) is 16.1 Å². The number of aliphatic hydroxyl groups is 1. The molecule has 138 valence electrons. The molecule has 1 unspecified atom stereocenters. The molecule has 26 heavy (non-hydrogen) atoms. The van der Waals surface area contributed by atoms with Crippen molar-refractivity contribution in [3.8, 4) is 0 Å². The number of anilines is 1. The summed E-state index contributed by atoms with van der Waals surface area (Å²) in [6.45, 7) is 0.341. The Hall–Kier alpha value is -2.35.